The Hall–Kier alpha value is -0.0800. The van der Waals surface area contributed by atoms with E-state index in [4.69, 9.17) is 9.47 Å². The summed E-state index contributed by atoms with van der Waals surface area (Å²) in [5, 5.41) is 0. The molecule has 0 spiro atoms. The van der Waals surface area contributed by atoms with E-state index in [9.17, 15) is 0 Å². The van der Waals surface area contributed by atoms with Gasteiger partial charge in [-0.25, -0.2) is 0 Å². The predicted octanol–water partition coefficient (Wildman–Crippen LogP) is 1.14. The predicted molar refractivity (Wildman–Crippen MR) is 36.2 cm³/mol. The molecule has 0 unspecified atom stereocenters. The Kier molecular flexibility index (Phi) is 7.85. The van der Waals surface area contributed by atoms with Gasteiger partial charge < -0.3 is 9.47 Å². The highest BCUT2D eigenvalue weighted by Crippen LogP contribution is 1.83. The summed E-state index contributed by atoms with van der Waals surface area (Å²) in [7, 11) is 1.65. The first-order chi connectivity index (χ1) is 4.41. The van der Waals surface area contributed by atoms with Gasteiger partial charge in [0.25, 0.3) is 0 Å². The lowest BCUT2D eigenvalue weighted by molar-refractivity contribution is 0.135. The van der Waals surface area contributed by atoms with E-state index in [-0.39, 0.29) is 0 Å². The summed E-state index contributed by atoms with van der Waals surface area (Å²) < 4.78 is 9.82. The van der Waals surface area contributed by atoms with Gasteiger partial charge in [0.2, 0.25) is 0 Å². The molecule has 0 saturated carbocycles. The van der Waals surface area contributed by atoms with Crippen LogP contribution in [0.25, 0.3) is 0 Å². The summed E-state index contributed by atoms with van der Waals surface area (Å²) in [5.41, 5.74) is 0. The van der Waals surface area contributed by atoms with E-state index in [1.54, 1.807) is 7.11 Å². The van der Waals surface area contributed by atoms with Crippen molar-refractivity contribution in [1.29, 1.82) is 0 Å². The average Bonchev–Trinajstić information content (AvgIpc) is 1.89. The molecule has 0 aliphatic carbocycles. The number of ether oxygens (including phenoxy) is 2. The lowest BCUT2D eigenvalue weighted by Crippen LogP contribution is -2.00. The van der Waals surface area contributed by atoms with E-state index < -0.39 is 0 Å². The minimum atomic E-state index is 0.559. The molecule has 0 bridgehead atoms. The molecule has 0 aliphatic heterocycles. The molecule has 0 aromatic rings. The first-order valence-corrected chi connectivity index (χ1v) is 3.19. The highest BCUT2D eigenvalue weighted by molar-refractivity contribution is 4.59. The molecule has 0 rings (SSSR count). The summed E-state index contributed by atoms with van der Waals surface area (Å²) in [5.74, 6) is 0. The largest absolute Gasteiger partial charge is 0.384 e. The van der Waals surface area contributed by atoms with Crippen molar-refractivity contribution in [3.05, 3.63) is 6.42 Å². The third kappa shape index (κ3) is 7.92. The monoisotopic (exact) mass is 130 g/mol. The molecule has 0 aromatic heterocycles. The van der Waals surface area contributed by atoms with Crippen LogP contribution in [-0.2, 0) is 9.47 Å². The van der Waals surface area contributed by atoms with Gasteiger partial charge >= 0.3 is 0 Å². The van der Waals surface area contributed by atoms with Crippen molar-refractivity contribution >= 4 is 0 Å². The van der Waals surface area contributed by atoms with Gasteiger partial charge in [0, 0.05) is 20.1 Å². The van der Waals surface area contributed by atoms with Gasteiger partial charge in [-0.2, -0.15) is 0 Å². The van der Waals surface area contributed by atoms with Gasteiger partial charge in [-0.15, -0.1) is 0 Å². The molecule has 0 amide bonds. The van der Waals surface area contributed by atoms with E-state index in [0.717, 1.165) is 13.0 Å². The van der Waals surface area contributed by atoms with Gasteiger partial charge in [-0.3, -0.25) is 0 Å². The van der Waals surface area contributed by atoms with Gasteiger partial charge in [-0.1, -0.05) is 6.92 Å². The summed E-state index contributed by atoms with van der Waals surface area (Å²) >= 11 is 0. The first-order valence-electron chi connectivity index (χ1n) is 3.19. The molecule has 0 fully saturated rings. The fraction of sp³-hybridized carbons (Fsp3) is 0.857. The normalized spacial score (nSPS) is 10.0. The number of rotatable bonds is 6. The second kappa shape index (κ2) is 7.92. The summed E-state index contributed by atoms with van der Waals surface area (Å²) in [6.07, 6.45) is 3.99. The molecule has 0 aromatic carbocycles. The van der Waals surface area contributed by atoms with Crippen molar-refractivity contribution in [3.8, 4) is 0 Å². The molecule has 0 aliphatic rings. The molecule has 0 atom stereocenters. The Bertz CT molecular complexity index is 40.2. The van der Waals surface area contributed by atoms with Crippen LogP contribution >= 0.6 is 0 Å². The van der Waals surface area contributed by atoms with Crippen LogP contribution in [0.2, 0.25) is 0 Å². The molecule has 9 heavy (non-hydrogen) atoms. The summed E-state index contributed by atoms with van der Waals surface area (Å²) in [4.78, 5) is 0. The highest BCUT2D eigenvalue weighted by Gasteiger charge is 1.86. The van der Waals surface area contributed by atoms with Crippen molar-refractivity contribution in [2.24, 2.45) is 0 Å². The van der Waals surface area contributed by atoms with Crippen molar-refractivity contribution in [1.82, 2.24) is 0 Å². The van der Waals surface area contributed by atoms with Gasteiger partial charge in [0.15, 0.2) is 0 Å². The SMILES string of the molecule is CCCOC[C]COC. The second-order valence-electron chi connectivity index (χ2n) is 1.74. The van der Waals surface area contributed by atoms with Crippen LogP contribution in [0.1, 0.15) is 13.3 Å². The fourth-order valence-electron chi connectivity index (χ4n) is 0.432. The van der Waals surface area contributed by atoms with Crippen molar-refractivity contribution in [2.75, 3.05) is 26.9 Å². The molecule has 2 heteroatoms. The number of hydrogen-bond donors (Lipinski definition) is 0. The zero-order chi connectivity index (χ0) is 6.95. The maximum absolute atomic E-state index is 5.09. The maximum Gasteiger partial charge on any atom is 0.0559 e. The van der Waals surface area contributed by atoms with E-state index in [0.29, 0.717) is 13.2 Å². The lowest BCUT2D eigenvalue weighted by atomic mass is 10.5. The topological polar surface area (TPSA) is 18.5 Å². The lowest BCUT2D eigenvalue weighted by Gasteiger charge is -1.98. The van der Waals surface area contributed by atoms with Crippen molar-refractivity contribution in [2.45, 2.75) is 13.3 Å². The van der Waals surface area contributed by atoms with Gasteiger partial charge in [0.05, 0.1) is 13.2 Å². The molecule has 0 saturated heterocycles. The maximum atomic E-state index is 5.09. The first kappa shape index (κ1) is 8.92. The molecule has 54 valence electrons. The molecule has 0 N–H and O–H groups in total. The molecule has 0 heterocycles. The van der Waals surface area contributed by atoms with E-state index in [1.165, 1.54) is 0 Å². The summed E-state index contributed by atoms with van der Waals surface area (Å²) in [6.45, 7) is 4.04. The van der Waals surface area contributed by atoms with Crippen LogP contribution in [0.15, 0.2) is 0 Å². The Morgan fingerprint density at radius 2 is 2.11 bits per heavy atom. The molecule has 2 nitrogen and oxygen atoms in total. The quantitative estimate of drug-likeness (QED) is 0.502. The fourth-order valence-corrected chi connectivity index (χ4v) is 0.432. The Labute approximate surface area is 57.2 Å². The van der Waals surface area contributed by atoms with Crippen LogP contribution in [0.4, 0.5) is 0 Å². The average molecular weight is 130 g/mol. The zero-order valence-electron chi connectivity index (χ0n) is 6.14. The van der Waals surface area contributed by atoms with Crippen molar-refractivity contribution < 1.29 is 9.47 Å². The Morgan fingerprint density at radius 3 is 2.67 bits per heavy atom. The van der Waals surface area contributed by atoms with E-state index in [1.807, 2.05) is 0 Å². The van der Waals surface area contributed by atoms with Crippen LogP contribution < -0.4 is 0 Å². The standard InChI is InChI=1S/C7H14O2/c1-3-5-9-7-4-6-8-2/h3,5-7H2,1-2H3. The molecule has 2 radical (unpaired) electrons. The Morgan fingerprint density at radius 1 is 1.33 bits per heavy atom. The van der Waals surface area contributed by atoms with Crippen LogP contribution in [0, 0.1) is 6.42 Å². The van der Waals surface area contributed by atoms with Gasteiger partial charge in [-0.05, 0) is 6.42 Å². The van der Waals surface area contributed by atoms with Crippen LogP contribution in [0.3, 0.4) is 0 Å². The van der Waals surface area contributed by atoms with Crippen LogP contribution in [-0.4, -0.2) is 26.9 Å². The second-order valence-corrected chi connectivity index (χ2v) is 1.74. The summed E-state index contributed by atoms with van der Waals surface area (Å²) in [6, 6.07) is 0. The van der Waals surface area contributed by atoms with Gasteiger partial charge in [0.1, 0.15) is 0 Å². The zero-order valence-corrected chi connectivity index (χ0v) is 6.14. The molecular formula is C7H14O2. The minimum Gasteiger partial charge on any atom is -0.384 e. The highest BCUT2D eigenvalue weighted by atomic mass is 16.5. The minimum absolute atomic E-state index is 0.559. The molecular weight excluding hydrogens is 116 g/mol. The number of methoxy groups -OCH3 is 1. The Balaban J connectivity index is 2.60. The van der Waals surface area contributed by atoms with Crippen molar-refractivity contribution in [3.63, 3.8) is 0 Å². The third-order valence-corrected chi connectivity index (χ3v) is 0.799. The van der Waals surface area contributed by atoms with Crippen LogP contribution in [0.5, 0.6) is 0 Å². The van der Waals surface area contributed by atoms with E-state index in [2.05, 4.69) is 13.3 Å². The van der Waals surface area contributed by atoms with E-state index >= 15 is 0 Å². The smallest absolute Gasteiger partial charge is 0.0559 e. The third-order valence-electron chi connectivity index (χ3n) is 0.799. The number of hydrogen-bond acceptors (Lipinski definition) is 2.